The molecule has 16 heavy (non-hydrogen) atoms. The molecule has 0 aliphatic carbocycles. The Bertz CT molecular complexity index is 197. The van der Waals surface area contributed by atoms with E-state index in [0.29, 0.717) is 19.1 Å². The lowest BCUT2D eigenvalue weighted by molar-refractivity contribution is -0.134. The summed E-state index contributed by atoms with van der Waals surface area (Å²) in [6.45, 7) is 9.34. The fourth-order valence-electron chi connectivity index (χ4n) is 1.62. The molecular formula is C12H26N2O2. The van der Waals surface area contributed by atoms with Crippen LogP contribution < -0.4 is 0 Å². The highest BCUT2D eigenvalue weighted by Gasteiger charge is 2.23. The second-order valence-corrected chi connectivity index (χ2v) is 3.91. The lowest BCUT2D eigenvalue weighted by atomic mass is 10.2. The molecule has 0 aromatic carbocycles. The van der Waals surface area contributed by atoms with Crippen LogP contribution in [0.25, 0.3) is 0 Å². The minimum Gasteiger partial charge on any atom is -0.384 e. The molecule has 1 fully saturated rings. The van der Waals surface area contributed by atoms with Crippen LogP contribution in [-0.2, 0) is 9.53 Å². The lowest BCUT2D eigenvalue weighted by Crippen LogP contribution is -2.52. The number of ether oxygens (including phenoxy) is 1. The number of nitrogens with zero attached hydrogens (tertiary/aromatic N) is 2. The van der Waals surface area contributed by atoms with Gasteiger partial charge in [-0.25, -0.2) is 0 Å². The van der Waals surface area contributed by atoms with E-state index in [-0.39, 0.29) is 5.91 Å². The maximum atomic E-state index is 11.6. The van der Waals surface area contributed by atoms with Crippen molar-refractivity contribution >= 4 is 5.91 Å². The zero-order valence-electron chi connectivity index (χ0n) is 11.3. The lowest BCUT2D eigenvalue weighted by Gasteiger charge is -2.37. The van der Waals surface area contributed by atoms with Gasteiger partial charge in [-0.1, -0.05) is 13.8 Å². The molecule has 0 radical (unpaired) electrons. The zero-order chi connectivity index (χ0) is 12.6. The summed E-state index contributed by atoms with van der Waals surface area (Å²) >= 11 is 0. The van der Waals surface area contributed by atoms with Crippen molar-refractivity contribution in [2.24, 2.45) is 0 Å². The van der Waals surface area contributed by atoms with Crippen LogP contribution >= 0.6 is 0 Å². The normalized spacial score (nSPS) is 21.3. The van der Waals surface area contributed by atoms with Gasteiger partial charge in [0.2, 0.25) is 5.91 Å². The third-order valence-corrected chi connectivity index (χ3v) is 2.83. The van der Waals surface area contributed by atoms with Gasteiger partial charge in [-0.3, -0.25) is 4.79 Å². The van der Waals surface area contributed by atoms with E-state index >= 15 is 0 Å². The molecule has 0 saturated carbocycles. The van der Waals surface area contributed by atoms with Gasteiger partial charge in [-0.05, 0) is 14.0 Å². The summed E-state index contributed by atoms with van der Waals surface area (Å²) in [6, 6.07) is 0.468. The molecular weight excluding hydrogens is 204 g/mol. The van der Waals surface area contributed by atoms with Crippen LogP contribution in [0.2, 0.25) is 0 Å². The first-order chi connectivity index (χ1) is 7.65. The number of methoxy groups -OCH3 is 1. The Morgan fingerprint density at radius 3 is 2.50 bits per heavy atom. The number of amides is 1. The van der Waals surface area contributed by atoms with Crippen LogP contribution in [0, 0.1) is 0 Å². The first-order valence-electron chi connectivity index (χ1n) is 6.12. The zero-order valence-corrected chi connectivity index (χ0v) is 11.3. The summed E-state index contributed by atoms with van der Waals surface area (Å²) in [5.74, 6) is 0.215. The third-order valence-electron chi connectivity index (χ3n) is 2.83. The first kappa shape index (κ1) is 15.4. The number of carbonyl (C=O) groups excluding carboxylic acids is 1. The highest BCUT2D eigenvalue weighted by Crippen LogP contribution is 2.08. The summed E-state index contributed by atoms with van der Waals surface area (Å²) < 4.78 is 4.89. The summed E-state index contributed by atoms with van der Waals surface area (Å²) in [6.07, 6.45) is 0.507. The summed E-state index contributed by atoms with van der Waals surface area (Å²) in [5, 5.41) is 0. The van der Waals surface area contributed by atoms with E-state index in [9.17, 15) is 4.79 Å². The number of hydrogen-bond donors (Lipinski definition) is 0. The third kappa shape index (κ3) is 4.94. The highest BCUT2D eigenvalue weighted by atomic mass is 16.5. The molecule has 1 aliphatic heterocycles. The summed E-state index contributed by atoms with van der Waals surface area (Å²) in [7, 11) is 3.72. The molecule has 0 aromatic rings. The van der Waals surface area contributed by atoms with Gasteiger partial charge in [0.05, 0.1) is 13.0 Å². The monoisotopic (exact) mass is 230 g/mol. The summed E-state index contributed by atoms with van der Waals surface area (Å²) in [4.78, 5) is 15.8. The number of rotatable bonds is 3. The second-order valence-electron chi connectivity index (χ2n) is 3.91. The minimum absolute atomic E-state index is 0.215. The quantitative estimate of drug-likeness (QED) is 0.730. The molecule has 0 aromatic heterocycles. The molecule has 96 valence electrons. The van der Waals surface area contributed by atoms with E-state index in [2.05, 4.69) is 18.9 Å². The van der Waals surface area contributed by atoms with Crippen molar-refractivity contribution in [3.63, 3.8) is 0 Å². The fourth-order valence-corrected chi connectivity index (χ4v) is 1.62. The SMILES string of the molecule is CC.COCCC(=O)N1CCN(C)C(C)C1. The van der Waals surface area contributed by atoms with E-state index in [0.717, 1.165) is 19.6 Å². The van der Waals surface area contributed by atoms with Gasteiger partial charge in [0, 0.05) is 32.8 Å². The van der Waals surface area contributed by atoms with E-state index in [1.807, 2.05) is 18.7 Å². The molecule has 0 bridgehead atoms. The Balaban J connectivity index is 0.00000106. The molecule has 1 unspecified atom stereocenters. The van der Waals surface area contributed by atoms with E-state index in [1.165, 1.54) is 0 Å². The molecule has 1 amide bonds. The van der Waals surface area contributed by atoms with Crippen LogP contribution in [0.1, 0.15) is 27.2 Å². The molecule has 4 heteroatoms. The van der Waals surface area contributed by atoms with Crippen molar-refractivity contribution in [1.29, 1.82) is 0 Å². The molecule has 4 nitrogen and oxygen atoms in total. The Kier molecular flexibility index (Phi) is 8.21. The van der Waals surface area contributed by atoms with Gasteiger partial charge in [0.15, 0.2) is 0 Å². The van der Waals surface area contributed by atoms with Crippen molar-refractivity contribution in [2.45, 2.75) is 33.2 Å². The van der Waals surface area contributed by atoms with Crippen molar-refractivity contribution in [3.05, 3.63) is 0 Å². The molecule has 1 heterocycles. The van der Waals surface area contributed by atoms with Gasteiger partial charge in [0.25, 0.3) is 0 Å². The van der Waals surface area contributed by atoms with Gasteiger partial charge >= 0.3 is 0 Å². The molecule has 0 N–H and O–H groups in total. The van der Waals surface area contributed by atoms with Gasteiger partial charge < -0.3 is 14.5 Å². The average Bonchev–Trinajstić information content (AvgIpc) is 2.32. The van der Waals surface area contributed by atoms with E-state index < -0.39 is 0 Å². The van der Waals surface area contributed by atoms with Crippen molar-refractivity contribution in [1.82, 2.24) is 9.80 Å². The van der Waals surface area contributed by atoms with Crippen LogP contribution in [0.5, 0.6) is 0 Å². The van der Waals surface area contributed by atoms with Crippen LogP contribution in [0.15, 0.2) is 0 Å². The predicted molar refractivity (Wildman–Crippen MR) is 66.5 cm³/mol. The second kappa shape index (κ2) is 8.53. The first-order valence-corrected chi connectivity index (χ1v) is 6.12. The van der Waals surface area contributed by atoms with Crippen LogP contribution in [-0.4, -0.2) is 62.1 Å². The number of likely N-dealkylation sites (N-methyl/N-ethyl adjacent to an activating group) is 1. The Morgan fingerprint density at radius 1 is 1.38 bits per heavy atom. The Hall–Kier alpha value is -0.610. The average molecular weight is 230 g/mol. The van der Waals surface area contributed by atoms with Crippen molar-refractivity contribution < 1.29 is 9.53 Å². The van der Waals surface area contributed by atoms with E-state index in [4.69, 9.17) is 4.74 Å². The van der Waals surface area contributed by atoms with Gasteiger partial charge in [-0.15, -0.1) is 0 Å². The smallest absolute Gasteiger partial charge is 0.224 e. The molecule has 0 spiro atoms. The van der Waals surface area contributed by atoms with Crippen LogP contribution in [0.3, 0.4) is 0 Å². The van der Waals surface area contributed by atoms with Crippen LogP contribution in [0.4, 0.5) is 0 Å². The van der Waals surface area contributed by atoms with Crippen molar-refractivity contribution in [2.75, 3.05) is 40.4 Å². The predicted octanol–water partition coefficient (Wildman–Crippen LogP) is 1.21. The maximum Gasteiger partial charge on any atom is 0.224 e. The van der Waals surface area contributed by atoms with E-state index in [1.54, 1.807) is 7.11 Å². The maximum absolute atomic E-state index is 11.6. The minimum atomic E-state index is 0.215. The van der Waals surface area contributed by atoms with Gasteiger partial charge in [0.1, 0.15) is 0 Å². The summed E-state index contributed by atoms with van der Waals surface area (Å²) in [5.41, 5.74) is 0. The van der Waals surface area contributed by atoms with Crippen molar-refractivity contribution in [3.8, 4) is 0 Å². The Labute approximate surface area is 99.5 Å². The largest absolute Gasteiger partial charge is 0.384 e. The number of carbonyl (C=O) groups is 1. The van der Waals surface area contributed by atoms with Gasteiger partial charge in [-0.2, -0.15) is 0 Å². The molecule has 1 saturated heterocycles. The molecule has 1 rings (SSSR count). The highest BCUT2D eigenvalue weighted by molar-refractivity contribution is 5.76. The topological polar surface area (TPSA) is 32.8 Å². The Morgan fingerprint density at radius 2 is 2.00 bits per heavy atom. The fraction of sp³-hybridized carbons (Fsp3) is 0.917. The number of piperazine rings is 1. The molecule has 1 atom stereocenters. The number of hydrogen-bond acceptors (Lipinski definition) is 3. The standard InChI is InChI=1S/C10H20N2O2.C2H6/c1-9-8-12(6-5-11(9)2)10(13)4-7-14-3;1-2/h9H,4-8H2,1-3H3;1-2H3. The molecule has 1 aliphatic rings.